The van der Waals surface area contributed by atoms with Gasteiger partial charge < -0.3 is 5.32 Å². The molecule has 0 aliphatic rings. The van der Waals surface area contributed by atoms with E-state index in [9.17, 15) is 14.4 Å². The molecule has 0 atom stereocenters. The van der Waals surface area contributed by atoms with Crippen molar-refractivity contribution in [3.63, 3.8) is 0 Å². The molecular formula is C18H16N4O3. The second-order valence-electron chi connectivity index (χ2n) is 5.32. The zero-order valence-corrected chi connectivity index (χ0v) is 13.3. The quantitative estimate of drug-likeness (QED) is 0.677. The number of H-pyrrole nitrogens is 1. The maximum absolute atomic E-state index is 12.3. The van der Waals surface area contributed by atoms with Gasteiger partial charge in [0.15, 0.2) is 0 Å². The molecule has 1 amide bonds. The first-order valence-electron chi connectivity index (χ1n) is 7.74. The van der Waals surface area contributed by atoms with Gasteiger partial charge in [0.25, 0.3) is 5.56 Å². The molecule has 0 aliphatic heterocycles. The summed E-state index contributed by atoms with van der Waals surface area (Å²) in [6.07, 6.45) is 4.60. The van der Waals surface area contributed by atoms with Crippen LogP contribution in [-0.4, -0.2) is 27.0 Å². The van der Waals surface area contributed by atoms with Gasteiger partial charge in [0.2, 0.25) is 5.91 Å². The SMILES string of the molecule is O=C(C=Cc1ccccc1)NCCn1c(=O)[nH]c2ncccc2c1=O. The number of hydrogen-bond acceptors (Lipinski definition) is 4. The predicted molar refractivity (Wildman–Crippen MR) is 95.1 cm³/mol. The van der Waals surface area contributed by atoms with E-state index in [2.05, 4.69) is 15.3 Å². The van der Waals surface area contributed by atoms with Crippen LogP contribution in [0.25, 0.3) is 17.1 Å². The van der Waals surface area contributed by atoms with Crippen molar-refractivity contribution in [2.75, 3.05) is 6.54 Å². The highest BCUT2D eigenvalue weighted by atomic mass is 16.2. The molecule has 2 aromatic heterocycles. The summed E-state index contributed by atoms with van der Waals surface area (Å²) in [5.74, 6) is -0.296. The zero-order chi connectivity index (χ0) is 17.6. The fourth-order valence-electron chi connectivity index (χ4n) is 2.37. The fraction of sp³-hybridized carbons (Fsp3) is 0.111. The number of pyridine rings is 1. The Bertz CT molecular complexity index is 1040. The molecule has 0 fully saturated rings. The number of hydrogen-bond donors (Lipinski definition) is 2. The van der Waals surface area contributed by atoms with Gasteiger partial charge in [0, 0.05) is 25.4 Å². The highest BCUT2D eigenvalue weighted by molar-refractivity contribution is 5.91. The van der Waals surface area contributed by atoms with Crippen LogP contribution in [0.2, 0.25) is 0 Å². The van der Waals surface area contributed by atoms with Crippen LogP contribution in [0.3, 0.4) is 0 Å². The number of aromatic amines is 1. The smallest absolute Gasteiger partial charge is 0.330 e. The minimum absolute atomic E-state index is 0.0733. The molecule has 1 aromatic carbocycles. The lowest BCUT2D eigenvalue weighted by atomic mass is 10.2. The van der Waals surface area contributed by atoms with Gasteiger partial charge in [-0.1, -0.05) is 30.3 Å². The second kappa shape index (κ2) is 7.39. The van der Waals surface area contributed by atoms with E-state index in [4.69, 9.17) is 0 Å². The van der Waals surface area contributed by atoms with Crippen LogP contribution < -0.4 is 16.6 Å². The van der Waals surface area contributed by atoms with Crippen LogP contribution in [0.15, 0.2) is 64.3 Å². The van der Waals surface area contributed by atoms with Gasteiger partial charge in [-0.3, -0.25) is 19.1 Å². The number of benzene rings is 1. The number of nitrogens with one attached hydrogen (secondary N) is 2. The van der Waals surface area contributed by atoms with Gasteiger partial charge >= 0.3 is 5.69 Å². The molecule has 7 nitrogen and oxygen atoms in total. The Labute approximate surface area is 142 Å². The Morgan fingerprint density at radius 1 is 1.16 bits per heavy atom. The number of fused-ring (bicyclic) bond motifs is 1. The van der Waals surface area contributed by atoms with Crippen LogP contribution in [0.1, 0.15) is 5.56 Å². The van der Waals surface area contributed by atoms with E-state index in [1.54, 1.807) is 18.2 Å². The van der Waals surface area contributed by atoms with Crippen LogP contribution in [0.4, 0.5) is 0 Å². The fourth-order valence-corrected chi connectivity index (χ4v) is 2.37. The first-order chi connectivity index (χ1) is 12.1. The molecule has 2 N–H and O–H groups in total. The zero-order valence-electron chi connectivity index (χ0n) is 13.3. The minimum atomic E-state index is -0.551. The Balaban J connectivity index is 1.65. The second-order valence-corrected chi connectivity index (χ2v) is 5.32. The Morgan fingerprint density at radius 3 is 2.76 bits per heavy atom. The summed E-state index contributed by atoms with van der Waals surface area (Å²) >= 11 is 0. The molecule has 0 unspecified atom stereocenters. The van der Waals surface area contributed by atoms with Crippen molar-refractivity contribution in [1.29, 1.82) is 0 Å². The average molecular weight is 336 g/mol. The van der Waals surface area contributed by atoms with Crippen LogP contribution >= 0.6 is 0 Å². The number of nitrogens with zero attached hydrogens (tertiary/aromatic N) is 2. The van der Waals surface area contributed by atoms with Crippen molar-refractivity contribution >= 4 is 23.0 Å². The lowest BCUT2D eigenvalue weighted by Gasteiger charge is -2.06. The maximum atomic E-state index is 12.3. The van der Waals surface area contributed by atoms with Crippen molar-refractivity contribution in [1.82, 2.24) is 19.9 Å². The minimum Gasteiger partial charge on any atom is -0.351 e. The normalized spacial score (nSPS) is 11.0. The summed E-state index contributed by atoms with van der Waals surface area (Å²) in [5.41, 5.74) is 0.183. The van der Waals surface area contributed by atoms with E-state index in [1.165, 1.54) is 12.3 Å². The van der Waals surface area contributed by atoms with E-state index >= 15 is 0 Å². The van der Waals surface area contributed by atoms with Crippen molar-refractivity contribution in [2.45, 2.75) is 6.54 Å². The largest absolute Gasteiger partial charge is 0.351 e. The van der Waals surface area contributed by atoms with Crippen LogP contribution in [0, 0.1) is 0 Å². The van der Waals surface area contributed by atoms with Crippen molar-refractivity contribution in [3.05, 3.63) is 81.1 Å². The first-order valence-corrected chi connectivity index (χ1v) is 7.74. The number of rotatable bonds is 5. The summed E-state index contributed by atoms with van der Waals surface area (Å²) in [6, 6.07) is 12.6. The van der Waals surface area contributed by atoms with Gasteiger partial charge in [0.1, 0.15) is 5.65 Å². The lowest BCUT2D eigenvalue weighted by molar-refractivity contribution is -0.116. The standard InChI is InChI=1S/C18H16N4O3/c23-15(9-8-13-5-2-1-3-6-13)19-11-12-22-17(24)14-7-4-10-20-16(14)21-18(22)25/h1-10H,11-12H2,(H,19,23)(H,20,21,25). The third-order valence-corrected chi connectivity index (χ3v) is 3.62. The highest BCUT2D eigenvalue weighted by Crippen LogP contribution is 2.00. The maximum Gasteiger partial charge on any atom is 0.330 e. The Kier molecular flexibility index (Phi) is 4.84. The molecule has 0 aliphatic carbocycles. The molecule has 0 spiro atoms. The van der Waals surface area contributed by atoms with Crippen molar-refractivity contribution in [2.24, 2.45) is 0 Å². The summed E-state index contributed by atoms with van der Waals surface area (Å²) in [4.78, 5) is 42.6. The third-order valence-electron chi connectivity index (χ3n) is 3.62. The average Bonchev–Trinajstić information content (AvgIpc) is 2.63. The van der Waals surface area contributed by atoms with Gasteiger partial charge in [0.05, 0.1) is 5.39 Å². The molecule has 0 bridgehead atoms. The number of amides is 1. The summed E-state index contributed by atoms with van der Waals surface area (Å²) in [6.45, 7) is 0.233. The molecular weight excluding hydrogens is 320 g/mol. The van der Waals surface area contributed by atoms with E-state index < -0.39 is 11.2 Å². The number of carbonyl (C=O) groups excluding carboxylic acids is 1. The molecule has 3 rings (SSSR count). The molecule has 0 radical (unpaired) electrons. The van der Waals surface area contributed by atoms with Gasteiger partial charge in [-0.25, -0.2) is 9.78 Å². The molecule has 126 valence electrons. The first kappa shape index (κ1) is 16.4. The van der Waals surface area contributed by atoms with Crippen LogP contribution in [0.5, 0.6) is 0 Å². The monoisotopic (exact) mass is 336 g/mol. The summed E-state index contributed by atoms with van der Waals surface area (Å²) in [7, 11) is 0. The molecule has 0 saturated heterocycles. The summed E-state index contributed by atoms with van der Waals surface area (Å²) in [5, 5.41) is 2.98. The number of carbonyl (C=O) groups is 1. The van der Waals surface area contributed by atoms with Gasteiger partial charge in [-0.05, 0) is 23.8 Å². The molecule has 25 heavy (non-hydrogen) atoms. The van der Waals surface area contributed by atoms with E-state index in [1.807, 2.05) is 30.3 Å². The van der Waals surface area contributed by atoms with E-state index in [0.717, 1.165) is 10.1 Å². The van der Waals surface area contributed by atoms with E-state index in [0.29, 0.717) is 5.39 Å². The highest BCUT2D eigenvalue weighted by Gasteiger charge is 2.07. The number of aromatic nitrogens is 3. The molecule has 2 heterocycles. The van der Waals surface area contributed by atoms with Gasteiger partial charge in [-0.15, -0.1) is 0 Å². The third kappa shape index (κ3) is 3.89. The van der Waals surface area contributed by atoms with E-state index in [-0.39, 0.29) is 24.6 Å². The van der Waals surface area contributed by atoms with Crippen LogP contribution in [-0.2, 0) is 11.3 Å². The predicted octanol–water partition coefficient (Wildman–Crippen LogP) is 0.914. The van der Waals surface area contributed by atoms with Gasteiger partial charge in [-0.2, -0.15) is 0 Å². The van der Waals surface area contributed by atoms with Crippen molar-refractivity contribution in [3.8, 4) is 0 Å². The molecule has 7 heteroatoms. The Hall–Kier alpha value is -3.48. The summed E-state index contributed by atoms with van der Waals surface area (Å²) < 4.78 is 1.05. The Morgan fingerprint density at radius 2 is 1.96 bits per heavy atom. The topological polar surface area (TPSA) is 96.8 Å². The lowest BCUT2D eigenvalue weighted by Crippen LogP contribution is -2.39. The molecule has 3 aromatic rings. The molecule has 0 saturated carbocycles. The van der Waals surface area contributed by atoms with Crippen molar-refractivity contribution < 1.29 is 4.79 Å².